The number of rotatable bonds is 7. The molecule has 13 heteroatoms. The van der Waals surface area contributed by atoms with Crippen molar-refractivity contribution in [3.63, 3.8) is 0 Å². The molecule has 3 heterocycles. The van der Waals surface area contributed by atoms with Gasteiger partial charge in [0.1, 0.15) is 11.5 Å². The Morgan fingerprint density at radius 2 is 1.74 bits per heavy atom. The fourth-order valence-corrected chi connectivity index (χ4v) is 6.58. The van der Waals surface area contributed by atoms with Crippen LogP contribution in [0.1, 0.15) is 51.0 Å². The summed E-state index contributed by atoms with van der Waals surface area (Å²) in [6.45, 7) is 14.3. The molecule has 1 atom stereocenters. The van der Waals surface area contributed by atoms with Gasteiger partial charge in [-0.05, 0) is 31.9 Å². The van der Waals surface area contributed by atoms with Crippen LogP contribution in [0.2, 0.25) is 0 Å². The van der Waals surface area contributed by atoms with Gasteiger partial charge >= 0.3 is 0 Å². The summed E-state index contributed by atoms with van der Waals surface area (Å²) in [6.07, 6.45) is 0. The topological polar surface area (TPSA) is 137 Å². The molecule has 190 valence electrons. The summed E-state index contributed by atoms with van der Waals surface area (Å²) in [6, 6.07) is 3.63. The van der Waals surface area contributed by atoms with E-state index in [1.807, 2.05) is 13.0 Å². The second kappa shape index (κ2) is 12.0. The van der Waals surface area contributed by atoms with Crippen molar-refractivity contribution in [3.05, 3.63) is 28.5 Å². The molecule has 0 aliphatic carbocycles. The Hall–Kier alpha value is -2.22. The van der Waals surface area contributed by atoms with Gasteiger partial charge in [0.2, 0.25) is 0 Å². The zero-order valence-corrected chi connectivity index (χ0v) is 22.9. The summed E-state index contributed by atoms with van der Waals surface area (Å²) >= 11 is -0.870. The molecule has 3 rings (SSSR count). The van der Waals surface area contributed by atoms with Gasteiger partial charge in [-0.2, -0.15) is 4.31 Å². The van der Waals surface area contributed by atoms with E-state index in [1.54, 1.807) is 26.8 Å². The van der Waals surface area contributed by atoms with Crippen molar-refractivity contribution in [1.82, 2.24) is 9.62 Å². The number of hydrogen-bond acceptors (Lipinski definition) is 8. The monoisotopic (exact) mass is 531 g/mol. The van der Waals surface area contributed by atoms with Crippen molar-refractivity contribution in [3.8, 4) is 5.75 Å². The fraction of sp³-hybridized carbons (Fsp3) is 0.524. The number of thiophene rings is 1. The molecule has 34 heavy (non-hydrogen) atoms. The van der Waals surface area contributed by atoms with Crippen LogP contribution in [0.4, 0.5) is 5.69 Å². The van der Waals surface area contributed by atoms with E-state index in [2.05, 4.69) is 40.2 Å². The Balaban J connectivity index is 0.000000945. The quantitative estimate of drug-likeness (QED) is 0.492. The molecule has 0 radical (unpaired) electrons. The summed E-state index contributed by atoms with van der Waals surface area (Å²) in [7, 11) is -3.83. The Morgan fingerprint density at radius 1 is 1.15 bits per heavy atom. The number of sulfonamides is 1. The highest BCUT2D eigenvalue weighted by Gasteiger charge is 2.31. The van der Waals surface area contributed by atoms with E-state index in [4.69, 9.17) is 4.42 Å². The molecule has 0 amide bonds. The summed E-state index contributed by atoms with van der Waals surface area (Å²) in [5.74, 6) is 2.22. The highest BCUT2D eigenvalue weighted by molar-refractivity contribution is 7.91. The number of nitrogens with zero attached hydrogens (tertiary/aromatic N) is 3. The molecule has 1 aliphatic heterocycles. The Kier molecular flexibility index (Phi) is 9.85. The maximum absolute atomic E-state index is 12.8. The van der Waals surface area contributed by atoms with Gasteiger partial charge in [-0.25, -0.2) is 12.6 Å². The van der Waals surface area contributed by atoms with Crippen molar-refractivity contribution >= 4 is 49.9 Å². The van der Waals surface area contributed by atoms with Gasteiger partial charge < -0.3 is 20.2 Å². The second-order valence-electron chi connectivity index (χ2n) is 8.09. The molecule has 3 N–H and O–H groups in total. The summed E-state index contributed by atoms with van der Waals surface area (Å²) < 4.78 is 51.9. The predicted molar refractivity (Wildman–Crippen MR) is 138 cm³/mol. The van der Waals surface area contributed by atoms with Crippen molar-refractivity contribution in [2.75, 3.05) is 18.4 Å². The highest BCUT2D eigenvalue weighted by Crippen LogP contribution is 2.43. The van der Waals surface area contributed by atoms with Crippen molar-refractivity contribution in [1.29, 1.82) is 0 Å². The van der Waals surface area contributed by atoms with Crippen LogP contribution in [0, 0.1) is 19.8 Å². The summed E-state index contributed by atoms with van der Waals surface area (Å²) in [5, 5.41) is 16.5. The van der Waals surface area contributed by atoms with E-state index in [0.717, 1.165) is 23.0 Å². The van der Waals surface area contributed by atoms with Crippen molar-refractivity contribution < 1.29 is 22.2 Å². The van der Waals surface area contributed by atoms with Crippen LogP contribution in [-0.2, 0) is 27.7 Å². The number of anilines is 1. The molecule has 0 aromatic carbocycles. The lowest BCUT2D eigenvalue weighted by Crippen LogP contribution is -2.33. The standard InChI is InChI=1S/C17H23N5O5S3.C4H10/c1-5-22(6-2)30(25,26)17-14(23)13(11(4)28-17)19-16-15(20-29(24)21-16)18-9-12-8-7-10(3)27-12;1-4(2)3/h7-8,23H,5-6,9H2,1-4H3,(H,18,20)(H,19,21);4H,1-3H3. The Bertz CT molecular complexity index is 1170. The summed E-state index contributed by atoms with van der Waals surface area (Å²) in [5.41, 5.74) is 0.187. The van der Waals surface area contributed by atoms with Crippen molar-refractivity contribution in [2.24, 2.45) is 14.7 Å². The van der Waals surface area contributed by atoms with E-state index in [0.29, 0.717) is 17.2 Å². The minimum absolute atomic E-state index is 0.139. The molecule has 0 bridgehead atoms. The Morgan fingerprint density at radius 3 is 2.26 bits per heavy atom. The number of aromatic hydroxyl groups is 1. The smallest absolute Gasteiger partial charge is 0.269 e. The maximum Gasteiger partial charge on any atom is 0.269 e. The maximum atomic E-state index is 12.8. The Labute approximate surface area is 208 Å². The molecule has 0 spiro atoms. The fourth-order valence-electron chi connectivity index (χ4n) is 2.84. The first-order chi connectivity index (χ1) is 15.9. The van der Waals surface area contributed by atoms with Gasteiger partial charge in [-0.1, -0.05) is 34.6 Å². The average molecular weight is 532 g/mol. The van der Waals surface area contributed by atoms with E-state index in [9.17, 15) is 17.7 Å². The zero-order chi connectivity index (χ0) is 25.6. The minimum atomic E-state index is -3.83. The molecule has 10 nitrogen and oxygen atoms in total. The van der Waals surface area contributed by atoms with E-state index >= 15 is 0 Å². The molecule has 1 aliphatic rings. The number of amidine groups is 2. The third-order valence-corrected chi connectivity index (χ3v) is 8.65. The molecule has 2 aromatic heterocycles. The molecule has 2 aromatic rings. The van der Waals surface area contributed by atoms with E-state index in [-0.39, 0.29) is 34.7 Å². The molecule has 0 saturated carbocycles. The number of aryl methyl sites for hydroxylation is 2. The molecular weight excluding hydrogens is 498 g/mol. The van der Waals surface area contributed by atoms with Crippen LogP contribution in [0.15, 0.2) is 29.6 Å². The summed E-state index contributed by atoms with van der Waals surface area (Å²) in [4.78, 5) is 0.541. The van der Waals surface area contributed by atoms with Gasteiger partial charge in [-0.3, -0.25) is 0 Å². The van der Waals surface area contributed by atoms with Crippen molar-refractivity contribution in [2.45, 2.75) is 59.2 Å². The third kappa shape index (κ3) is 6.90. The van der Waals surface area contributed by atoms with Gasteiger partial charge in [0.25, 0.3) is 21.2 Å². The largest absolute Gasteiger partial charge is 0.504 e. The van der Waals surface area contributed by atoms with Gasteiger partial charge in [0.15, 0.2) is 21.6 Å². The van der Waals surface area contributed by atoms with Gasteiger partial charge in [0, 0.05) is 18.0 Å². The SMILES string of the molecule is CC(C)C.CCN(CC)S(=O)(=O)c1sc(C)c(NC2=NS(=O)N=C2NCc2ccc(C)o2)c1O. The first-order valence-electron chi connectivity index (χ1n) is 10.9. The van der Waals surface area contributed by atoms with Gasteiger partial charge in [-0.15, -0.1) is 20.1 Å². The molecular formula is C21H33N5O5S3. The van der Waals surface area contributed by atoms with E-state index in [1.165, 1.54) is 4.31 Å². The molecule has 0 saturated heterocycles. The minimum Gasteiger partial charge on any atom is -0.504 e. The van der Waals surface area contributed by atoms with Crippen LogP contribution in [0.3, 0.4) is 0 Å². The predicted octanol–water partition coefficient (Wildman–Crippen LogP) is 3.95. The average Bonchev–Trinajstić information content (AvgIpc) is 3.40. The lowest BCUT2D eigenvalue weighted by atomic mass is 10.3. The lowest BCUT2D eigenvalue weighted by molar-refractivity contribution is 0.434. The van der Waals surface area contributed by atoms with Crippen LogP contribution in [0.5, 0.6) is 5.75 Å². The number of furan rings is 1. The first kappa shape index (κ1) is 28.0. The van der Waals surface area contributed by atoms with Crippen LogP contribution < -0.4 is 10.6 Å². The van der Waals surface area contributed by atoms with Crippen LogP contribution in [0.25, 0.3) is 0 Å². The second-order valence-corrected chi connectivity index (χ2v) is 12.3. The number of hydrogen-bond donors (Lipinski definition) is 3. The normalized spacial score (nSPS) is 15.7. The third-order valence-electron chi connectivity index (χ3n) is 4.34. The first-order valence-corrected chi connectivity index (χ1v) is 14.2. The van der Waals surface area contributed by atoms with Crippen LogP contribution in [-0.4, -0.2) is 46.8 Å². The van der Waals surface area contributed by atoms with E-state index < -0.39 is 26.9 Å². The molecule has 1 unspecified atom stereocenters. The number of nitrogens with one attached hydrogen (secondary N) is 2. The highest BCUT2D eigenvalue weighted by atomic mass is 32.2. The lowest BCUT2D eigenvalue weighted by Gasteiger charge is -2.17. The van der Waals surface area contributed by atoms with Gasteiger partial charge in [0.05, 0.1) is 12.2 Å². The molecule has 0 fully saturated rings. The van der Waals surface area contributed by atoms with Crippen LogP contribution >= 0.6 is 11.3 Å². The zero-order valence-electron chi connectivity index (χ0n) is 20.5.